The van der Waals surface area contributed by atoms with Crippen LogP contribution in [-0.4, -0.2) is 25.2 Å². The van der Waals surface area contributed by atoms with Gasteiger partial charge in [0.25, 0.3) is 5.91 Å². The van der Waals surface area contributed by atoms with Crippen molar-refractivity contribution in [3.63, 3.8) is 0 Å². The maximum absolute atomic E-state index is 12.8. The summed E-state index contributed by atoms with van der Waals surface area (Å²) in [4.78, 5) is 16.8. The van der Waals surface area contributed by atoms with Gasteiger partial charge < -0.3 is 9.88 Å². The van der Waals surface area contributed by atoms with Crippen molar-refractivity contribution in [2.75, 3.05) is 0 Å². The van der Waals surface area contributed by atoms with Gasteiger partial charge >= 0.3 is 0 Å². The Bertz CT molecular complexity index is 1100. The summed E-state index contributed by atoms with van der Waals surface area (Å²) in [6.07, 6.45) is 7.07. The number of halogens is 1. The maximum atomic E-state index is 12.8. The summed E-state index contributed by atoms with van der Waals surface area (Å²) in [5, 5.41) is 7.94. The summed E-state index contributed by atoms with van der Waals surface area (Å²) in [5.74, 6) is -0.193. The lowest BCUT2D eigenvalue weighted by Gasteiger charge is -2.08. The van der Waals surface area contributed by atoms with Gasteiger partial charge in [-0.1, -0.05) is 41.9 Å². The molecule has 0 fully saturated rings. The predicted molar refractivity (Wildman–Crippen MR) is 108 cm³/mol. The van der Waals surface area contributed by atoms with Crippen LogP contribution in [-0.2, 0) is 13.6 Å². The van der Waals surface area contributed by atoms with E-state index in [1.165, 1.54) is 0 Å². The predicted octanol–water partition coefficient (Wildman–Crippen LogP) is 3.86. The van der Waals surface area contributed by atoms with Crippen LogP contribution in [0.25, 0.3) is 16.9 Å². The number of rotatable bonds is 5. The topological polar surface area (TPSA) is 64.7 Å². The summed E-state index contributed by atoms with van der Waals surface area (Å²) in [6.45, 7) is 0.417. The third-order valence-electron chi connectivity index (χ3n) is 4.39. The second kappa shape index (κ2) is 7.70. The number of benzene rings is 2. The first-order valence-electron chi connectivity index (χ1n) is 8.76. The van der Waals surface area contributed by atoms with Gasteiger partial charge in [-0.3, -0.25) is 9.48 Å². The largest absolute Gasteiger partial charge is 0.348 e. The van der Waals surface area contributed by atoms with Crippen LogP contribution >= 0.6 is 11.6 Å². The molecule has 1 amide bonds. The highest BCUT2D eigenvalue weighted by atomic mass is 35.5. The Labute approximate surface area is 167 Å². The molecule has 0 saturated carbocycles. The van der Waals surface area contributed by atoms with Gasteiger partial charge in [-0.05, 0) is 23.8 Å². The molecule has 0 aliphatic heterocycles. The van der Waals surface area contributed by atoms with E-state index in [2.05, 4.69) is 15.4 Å². The zero-order valence-corrected chi connectivity index (χ0v) is 16.0. The Morgan fingerprint density at radius 2 is 1.93 bits per heavy atom. The normalized spacial score (nSPS) is 10.8. The molecule has 0 aliphatic rings. The molecule has 0 unspecified atom stereocenters. The number of nitrogens with one attached hydrogen (secondary N) is 1. The number of carbonyl (C=O) groups is 1. The molecule has 140 valence electrons. The fourth-order valence-corrected chi connectivity index (χ4v) is 3.21. The molecule has 2 heterocycles. The average molecular weight is 392 g/mol. The van der Waals surface area contributed by atoms with Crippen molar-refractivity contribution in [1.29, 1.82) is 0 Å². The number of nitrogens with zero attached hydrogens (tertiary/aromatic N) is 4. The van der Waals surface area contributed by atoms with Gasteiger partial charge in [-0.25, -0.2) is 4.98 Å². The van der Waals surface area contributed by atoms with Crippen LogP contribution in [0.4, 0.5) is 0 Å². The van der Waals surface area contributed by atoms with E-state index < -0.39 is 0 Å². The SMILES string of the molecule is Cn1cc(C(=O)NCc2ccc(-n3ccnc3)cc2)c(-c2ccccc2Cl)n1. The minimum Gasteiger partial charge on any atom is -0.348 e. The number of aryl methyl sites for hydroxylation is 1. The zero-order chi connectivity index (χ0) is 19.5. The average Bonchev–Trinajstić information content (AvgIpc) is 3.37. The molecule has 4 rings (SSSR count). The fraction of sp³-hybridized carbons (Fsp3) is 0.0952. The highest BCUT2D eigenvalue weighted by Gasteiger charge is 2.18. The molecule has 0 aliphatic carbocycles. The molecule has 2 aromatic heterocycles. The summed E-state index contributed by atoms with van der Waals surface area (Å²) in [7, 11) is 1.78. The van der Waals surface area contributed by atoms with Gasteiger partial charge in [0.2, 0.25) is 0 Å². The zero-order valence-electron chi connectivity index (χ0n) is 15.2. The molecule has 6 nitrogen and oxygen atoms in total. The van der Waals surface area contributed by atoms with E-state index >= 15 is 0 Å². The van der Waals surface area contributed by atoms with E-state index in [1.807, 2.05) is 53.2 Å². The first kappa shape index (κ1) is 18.0. The van der Waals surface area contributed by atoms with E-state index in [9.17, 15) is 4.79 Å². The lowest BCUT2D eigenvalue weighted by molar-refractivity contribution is 0.0951. The molecule has 28 heavy (non-hydrogen) atoms. The van der Waals surface area contributed by atoms with Crippen molar-refractivity contribution in [1.82, 2.24) is 24.6 Å². The number of amides is 1. The number of imidazole rings is 1. The van der Waals surface area contributed by atoms with Crippen LogP contribution in [0.2, 0.25) is 5.02 Å². The monoisotopic (exact) mass is 391 g/mol. The number of aromatic nitrogens is 4. The van der Waals surface area contributed by atoms with Crippen molar-refractivity contribution in [3.05, 3.63) is 89.6 Å². The van der Waals surface area contributed by atoms with E-state index in [0.717, 1.165) is 16.8 Å². The molecular weight excluding hydrogens is 374 g/mol. The third-order valence-corrected chi connectivity index (χ3v) is 4.72. The molecule has 0 spiro atoms. The Balaban J connectivity index is 1.50. The lowest BCUT2D eigenvalue weighted by Crippen LogP contribution is -2.23. The van der Waals surface area contributed by atoms with Gasteiger partial charge in [-0.2, -0.15) is 5.10 Å². The molecule has 0 atom stereocenters. The van der Waals surface area contributed by atoms with Gasteiger partial charge in [-0.15, -0.1) is 0 Å². The Morgan fingerprint density at radius 1 is 1.14 bits per heavy atom. The highest BCUT2D eigenvalue weighted by Crippen LogP contribution is 2.29. The maximum Gasteiger partial charge on any atom is 0.255 e. The fourth-order valence-electron chi connectivity index (χ4n) is 2.98. The summed E-state index contributed by atoms with van der Waals surface area (Å²) >= 11 is 6.29. The Morgan fingerprint density at radius 3 is 2.64 bits per heavy atom. The van der Waals surface area contributed by atoms with Crippen LogP contribution in [0.3, 0.4) is 0 Å². The standard InChI is InChI=1S/C21H18ClN5O/c1-26-13-18(20(25-26)17-4-2-3-5-19(17)22)21(28)24-12-15-6-8-16(9-7-15)27-11-10-23-14-27/h2-11,13-14H,12H2,1H3,(H,24,28). The van der Waals surface area contributed by atoms with Crippen molar-refractivity contribution in [3.8, 4) is 16.9 Å². The second-order valence-electron chi connectivity index (χ2n) is 6.36. The smallest absolute Gasteiger partial charge is 0.255 e. The number of carbonyl (C=O) groups excluding carboxylic acids is 1. The van der Waals surface area contributed by atoms with Crippen LogP contribution in [0.1, 0.15) is 15.9 Å². The first-order chi connectivity index (χ1) is 13.6. The molecule has 0 saturated heterocycles. The quantitative estimate of drug-likeness (QED) is 0.562. The van der Waals surface area contributed by atoms with E-state index in [1.54, 1.807) is 36.5 Å². The van der Waals surface area contributed by atoms with Crippen LogP contribution in [0.5, 0.6) is 0 Å². The van der Waals surface area contributed by atoms with Gasteiger partial charge in [0.15, 0.2) is 0 Å². The third kappa shape index (κ3) is 3.68. The van der Waals surface area contributed by atoms with Crippen molar-refractivity contribution in [2.24, 2.45) is 7.05 Å². The lowest BCUT2D eigenvalue weighted by atomic mass is 10.1. The first-order valence-corrected chi connectivity index (χ1v) is 9.13. The summed E-state index contributed by atoms with van der Waals surface area (Å²) < 4.78 is 3.54. The van der Waals surface area contributed by atoms with Gasteiger partial charge in [0.05, 0.1) is 16.9 Å². The molecular formula is C21H18ClN5O. The van der Waals surface area contributed by atoms with E-state index in [-0.39, 0.29) is 5.91 Å². The highest BCUT2D eigenvalue weighted by molar-refractivity contribution is 6.33. The molecule has 2 aromatic carbocycles. The molecule has 4 aromatic rings. The second-order valence-corrected chi connectivity index (χ2v) is 6.77. The summed E-state index contributed by atoms with van der Waals surface area (Å²) in [6, 6.07) is 15.3. The molecule has 0 bridgehead atoms. The Kier molecular flexibility index (Phi) is 4.95. The van der Waals surface area contributed by atoms with Gasteiger partial charge in [0, 0.05) is 43.4 Å². The van der Waals surface area contributed by atoms with E-state index in [0.29, 0.717) is 22.8 Å². The number of hydrogen-bond acceptors (Lipinski definition) is 3. The van der Waals surface area contributed by atoms with Crippen LogP contribution in [0, 0.1) is 0 Å². The van der Waals surface area contributed by atoms with Crippen molar-refractivity contribution in [2.45, 2.75) is 6.54 Å². The number of hydrogen-bond donors (Lipinski definition) is 1. The van der Waals surface area contributed by atoms with E-state index in [4.69, 9.17) is 11.6 Å². The minimum absolute atomic E-state index is 0.193. The minimum atomic E-state index is -0.193. The van der Waals surface area contributed by atoms with Crippen LogP contribution in [0.15, 0.2) is 73.4 Å². The van der Waals surface area contributed by atoms with Crippen molar-refractivity contribution < 1.29 is 4.79 Å². The molecule has 1 N–H and O–H groups in total. The van der Waals surface area contributed by atoms with Crippen LogP contribution < -0.4 is 5.32 Å². The van der Waals surface area contributed by atoms with Crippen molar-refractivity contribution >= 4 is 17.5 Å². The summed E-state index contributed by atoms with van der Waals surface area (Å²) in [5.41, 5.74) is 3.81. The molecule has 7 heteroatoms. The van der Waals surface area contributed by atoms with Gasteiger partial charge in [0.1, 0.15) is 5.69 Å². The Hall–Kier alpha value is -3.38. The molecule has 0 radical (unpaired) electrons.